The lowest BCUT2D eigenvalue weighted by atomic mass is 9.87. The number of carboxylic acids is 1. The van der Waals surface area contributed by atoms with E-state index in [-0.39, 0.29) is 37.3 Å². The molecular weight excluding hydrogens is 736 g/mol. The van der Waals surface area contributed by atoms with Gasteiger partial charge in [0.05, 0.1) is 41.2 Å². The number of hydrogen-bond donors (Lipinski definition) is 2. The van der Waals surface area contributed by atoms with E-state index in [0.717, 1.165) is 12.0 Å². The number of aliphatic carboxylic acids is 1. The van der Waals surface area contributed by atoms with Crippen molar-refractivity contribution in [3.63, 3.8) is 0 Å². The van der Waals surface area contributed by atoms with Crippen LogP contribution in [0.15, 0.2) is 36.4 Å². The molecule has 52 heavy (non-hydrogen) atoms. The number of likely N-dealkylation sites (tertiary alicyclic amines) is 1. The largest absolute Gasteiger partial charge is 0.481 e. The Bertz CT molecular complexity index is 1570. The van der Waals surface area contributed by atoms with Gasteiger partial charge in [0.15, 0.2) is 0 Å². The van der Waals surface area contributed by atoms with Crippen LogP contribution in [-0.4, -0.2) is 66.9 Å². The second kappa shape index (κ2) is 15.0. The van der Waals surface area contributed by atoms with Crippen LogP contribution in [0.1, 0.15) is 66.0 Å². The monoisotopic (exact) mass is 768 g/mol. The standard InChI is InChI=1S/C18H19F6NO4.C14H13F6NO2/c1-16(2,3)29-15(28)25-7-12(13(8-25)14(26)27)9-4-10(17(19,20)21)6-11(5-9)18(22,23)24;1-23-12(22)11-6-21-5-10(11)7-2-8(13(15,16)17)4-9(3-7)14(18,19)20/h4-6,12-13H,7-8H2,1-3H3,(H,26,27);2-4,10-11,21H,5-6H2,1H3/t12-,13+;10-,11+/m11/s1. The molecule has 2 aliphatic rings. The number of nitrogens with zero attached hydrogens (tertiary/aromatic N) is 1. The summed E-state index contributed by atoms with van der Waals surface area (Å²) in [5.41, 5.74) is -7.41. The van der Waals surface area contributed by atoms with Crippen molar-refractivity contribution in [2.45, 2.75) is 62.9 Å². The molecule has 2 aromatic carbocycles. The molecule has 8 nitrogen and oxygen atoms in total. The second-order valence-electron chi connectivity index (χ2n) is 13.0. The van der Waals surface area contributed by atoms with Crippen LogP contribution in [0.25, 0.3) is 0 Å². The highest BCUT2D eigenvalue weighted by Crippen LogP contribution is 2.42. The molecule has 0 spiro atoms. The Hall–Kier alpha value is -4.23. The molecule has 1 amide bonds. The van der Waals surface area contributed by atoms with Crippen LogP contribution in [0.3, 0.4) is 0 Å². The van der Waals surface area contributed by atoms with Crippen molar-refractivity contribution < 1.29 is 81.6 Å². The van der Waals surface area contributed by atoms with Gasteiger partial charge in [0.1, 0.15) is 5.60 Å². The zero-order chi connectivity index (χ0) is 39.8. The number of amides is 1. The number of nitrogens with one attached hydrogen (secondary N) is 1. The molecule has 0 radical (unpaired) electrons. The first kappa shape index (κ1) is 42.2. The van der Waals surface area contributed by atoms with E-state index in [9.17, 15) is 72.2 Å². The zero-order valence-corrected chi connectivity index (χ0v) is 27.6. The van der Waals surface area contributed by atoms with Gasteiger partial charge in [-0.1, -0.05) is 0 Å². The topological polar surface area (TPSA) is 105 Å². The molecule has 0 aliphatic carbocycles. The number of methoxy groups -OCH3 is 1. The number of carbonyl (C=O) groups excluding carboxylic acids is 2. The van der Waals surface area contributed by atoms with Gasteiger partial charge < -0.3 is 24.8 Å². The quantitative estimate of drug-likeness (QED) is 0.240. The van der Waals surface area contributed by atoms with Crippen LogP contribution in [0.2, 0.25) is 0 Å². The van der Waals surface area contributed by atoms with Crippen molar-refractivity contribution in [3.8, 4) is 0 Å². The Morgan fingerprint density at radius 2 is 1.06 bits per heavy atom. The number of carbonyl (C=O) groups is 3. The van der Waals surface area contributed by atoms with Crippen LogP contribution in [0, 0.1) is 11.8 Å². The Labute approximate surface area is 288 Å². The number of ether oxygens (including phenoxy) is 2. The highest BCUT2D eigenvalue weighted by atomic mass is 19.4. The lowest BCUT2D eigenvalue weighted by Crippen LogP contribution is -2.35. The third kappa shape index (κ3) is 10.7. The van der Waals surface area contributed by atoms with Gasteiger partial charge in [0.2, 0.25) is 0 Å². The summed E-state index contributed by atoms with van der Waals surface area (Å²) < 4.78 is 166. The maximum absolute atomic E-state index is 13.1. The summed E-state index contributed by atoms with van der Waals surface area (Å²) in [7, 11) is 1.12. The van der Waals surface area contributed by atoms with Gasteiger partial charge in [-0.15, -0.1) is 0 Å². The second-order valence-corrected chi connectivity index (χ2v) is 13.0. The first-order valence-electron chi connectivity index (χ1n) is 15.1. The number of benzene rings is 2. The van der Waals surface area contributed by atoms with Gasteiger partial charge in [-0.25, -0.2) is 4.79 Å². The summed E-state index contributed by atoms with van der Waals surface area (Å²) in [6.07, 6.45) is -20.8. The summed E-state index contributed by atoms with van der Waals surface area (Å²) in [6, 6.07) is 2.34. The number of esters is 1. The number of halogens is 12. The van der Waals surface area contributed by atoms with Crippen molar-refractivity contribution in [2.24, 2.45) is 11.8 Å². The molecule has 0 saturated carbocycles. The predicted molar refractivity (Wildman–Crippen MR) is 156 cm³/mol. The van der Waals surface area contributed by atoms with Gasteiger partial charge in [0, 0.05) is 38.0 Å². The van der Waals surface area contributed by atoms with E-state index in [0.29, 0.717) is 24.3 Å². The Morgan fingerprint density at radius 3 is 1.40 bits per heavy atom. The molecule has 4 rings (SSSR count). The number of alkyl halides is 12. The van der Waals surface area contributed by atoms with Gasteiger partial charge in [-0.05, 0) is 68.3 Å². The fourth-order valence-corrected chi connectivity index (χ4v) is 5.68. The molecule has 2 N–H and O–H groups in total. The molecule has 0 bridgehead atoms. The van der Waals surface area contributed by atoms with Crippen molar-refractivity contribution in [3.05, 3.63) is 69.8 Å². The fraction of sp³-hybridized carbons (Fsp3) is 0.531. The van der Waals surface area contributed by atoms with E-state index >= 15 is 0 Å². The smallest absolute Gasteiger partial charge is 0.416 e. The molecule has 2 heterocycles. The minimum absolute atomic E-state index is 0.0279. The normalized spacial score (nSPS) is 21.3. The molecule has 4 atom stereocenters. The van der Waals surface area contributed by atoms with Gasteiger partial charge in [-0.2, -0.15) is 52.7 Å². The molecule has 0 unspecified atom stereocenters. The molecule has 0 aromatic heterocycles. The third-order valence-electron chi connectivity index (χ3n) is 8.08. The average Bonchev–Trinajstić information content (AvgIpc) is 3.67. The van der Waals surface area contributed by atoms with E-state index in [2.05, 4.69) is 10.1 Å². The Balaban J connectivity index is 0.000000288. The maximum Gasteiger partial charge on any atom is 0.416 e. The van der Waals surface area contributed by atoms with Crippen LogP contribution in [0.4, 0.5) is 57.5 Å². The van der Waals surface area contributed by atoms with Crippen LogP contribution in [0.5, 0.6) is 0 Å². The minimum atomic E-state index is -5.06. The molecule has 2 saturated heterocycles. The SMILES string of the molecule is CC(C)(C)OC(=O)N1C[C@H](C(=O)O)[C@@H](c2cc(C(F)(F)F)cc(C(F)(F)F)c2)C1.COC(=O)[C@H]1CNC[C@@H]1c1cc(C(F)(F)F)cc(C(F)(F)F)c1. The number of rotatable bonds is 4. The first-order valence-corrected chi connectivity index (χ1v) is 15.1. The summed E-state index contributed by atoms with van der Waals surface area (Å²) in [5, 5.41) is 12.2. The lowest BCUT2D eigenvalue weighted by molar-refractivity contribution is -0.145. The zero-order valence-electron chi connectivity index (χ0n) is 27.6. The lowest BCUT2D eigenvalue weighted by Gasteiger charge is -2.24. The van der Waals surface area contributed by atoms with Crippen molar-refractivity contribution in [1.82, 2.24) is 10.2 Å². The molecule has 290 valence electrons. The third-order valence-corrected chi connectivity index (χ3v) is 8.08. The summed E-state index contributed by atoms with van der Waals surface area (Å²) in [4.78, 5) is 36.4. The van der Waals surface area contributed by atoms with E-state index in [1.165, 1.54) is 0 Å². The number of carboxylic acid groups (broad SMARTS) is 1. The highest BCUT2D eigenvalue weighted by molar-refractivity contribution is 5.76. The Kier molecular flexibility index (Phi) is 12.2. The Morgan fingerprint density at radius 1 is 0.654 bits per heavy atom. The molecule has 20 heteroatoms. The van der Waals surface area contributed by atoms with Crippen molar-refractivity contribution in [2.75, 3.05) is 33.3 Å². The van der Waals surface area contributed by atoms with Gasteiger partial charge in [-0.3, -0.25) is 9.59 Å². The van der Waals surface area contributed by atoms with Crippen LogP contribution >= 0.6 is 0 Å². The summed E-state index contributed by atoms with van der Waals surface area (Å²) in [5.74, 6) is -6.40. The predicted octanol–water partition coefficient (Wildman–Crippen LogP) is 7.96. The molecule has 2 aromatic rings. The van der Waals surface area contributed by atoms with Crippen LogP contribution < -0.4 is 5.32 Å². The minimum Gasteiger partial charge on any atom is -0.481 e. The fourth-order valence-electron chi connectivity index (χ4n) is 5.68. The molecule has 2 fully saturated rings. The average molecular weight is 769 g/mol. The van der Waals surface area contributed by atoms with Gasteiger partial charge >= 0.3 is 42.7 Å². The first-order chi connectivity index (χ1) is 23.5. The highest BCUT2D eigenvalue weighted by Gasteiger charge is 2.45. The summed E-state index contributed by atoms with van der Waals surface area (Å²) in [6.45, 7) is 4.14. The van der Waals surface area contributed by atoms with Crippen molar-refractivity contribution >= 4 is 18.0 Å². The van der Waals surface area contributed by atoms with Gasteiger partial charge in [0.25, 0.3) is 0 Å². The molecular formula is C32H32F12N2O6. The van der Waals surface area contributed by atoms with E-state index in [4.69, 9.17) is 4.74 Å². The number of hydrogen-bond acceptors (Lipinski definition) is 6. The summed E-state index contributed by atoms with van der Waals surface area (Å²) >= 11 is 0. The van der Waals surface area contributed by atoms with Crippen LogP contribution in [-0.2, 0) is 43.8 Å². The van der Waals surface area contributed by atoms with E-state index in [1.54, 1.807) is 20.8 Å². The van der Waals surface area contributed by atoms with E-state index in [1.807, 2.05) is 0 Å². The van der Waals surface area contributed by atoms with Crippen molar-refractivity contribution in [1.29, 1.82) is 0 Å². The molecule has 2 aliphatic heterocycles. The van der Waals surface area contributed by atoms with E-state index < -0.39 is 106 Å². The maximum atomic E-state index is 13.1.